The fourth-order valence-electron chi connectivity index (χ4n) is 3.19. The third-order valence-corrected chi connectivity index (χ3v) is 4.80. The van der Waals surface area contributed by atoms with Gasteiger partial charge in [0.15, 0.2) is 0 Å². The highest BCUT2D eigenvalue weighted by atomic mass is 16.3. The van der Waals surface area contributed by atoms with Gasteiger partial charge >= 0.3 is 0 Å². The smallest absolute Gasteiger partial charge is 0.244 e. The number of nitrogens with one attached hydrogen (secondary N) is 2. The standard InChI is InChI=1S/C16H25N5O2/c1-21(2)16-18-15(19-20-16)11-7-12(13(22)8-11)9-17-14(23)6-10-4-3-5-10/h6,11-13,22H,3-5,7-9H2,1-2H3,(H,17,23)(H,18,19,20)/t11-,12+,13+/m0/s1. The van der Waals surface area contributed by atoms with E-state index in [0.29, 0.717) is 18.9 Å². The van der Waals surface area contributed by atoms with E-state index >= 15 is 0 Å². The fraction of sp³-hybridized carbons (Fsp3) is 0.688. The molecular weight excluding hydrogens is 294 g/mol. The van der Waals surface area contributed by atoms with Gasteiger partial charge in [0.2, 0.25) is 11.9 Å². The molecule has 1 amide bonds. The molecule has 2 aliphatic rings. The van der Waals surface area contributed by atoms with Crippen molar-refractivity contribution in [1.82, 2.24) is 20.5 Å². The van der Waals surface area contributed by atoms with Crippen LogP contribution in [0.4, 0.5) is 5.95 Å². The summed E-state index contributed by atoms with van der Waals surface area (Å²) in [6.45, 7) is 0.509. The minimum absolute atomic E-state index is 0.0371. The SMILES string of the molecule is CN(C)c1n[nH]c([C@H]2C[C@H](CNC(=O)C=C3CCC3)[C@H](O)C2)n1. The number of rotatable bonds is 5. The van der Waals surface area contributed by atoms with Crippen LogP contribution in [-0.2, 0) is 4.79 Å². The van der Waals surface area contributed by atoms with Crippen molar-refractivity contribution in [2.75, 3.05) is 25.5 Å². The molecule has 2 fully saturated rings. The number of anilines is 1. The number of hydrogen-bond donors (Lipinski definition) is 3. The Hall–Kier alpha value is -1.89. The molecule has 1 aromatic rings. The van der Waals surface area contributed by atoms with Crippen LogP contribution in [0.3, 0.4) is 0 Å². The molecule has 0 unspecified atom stereocenters. The predicted octanol–water partition coefficient (Wildman–Crippen LogP) is 0.952. The molecule has 3 rings (SSSR count). The van der Waals surface area contributed by atoms with Gasteiger partial charge < -0.3 is 15.3 Å². The van der Waals surface area contributed by atoms with Gasteiger partial charge in [0.25, 0.3) is 0 Å². The van der Waals surface area contributed by atoms with Gasteiger partial charge in [-0.1, -0.05) is 5.57 Å². The van der Waals surface area contributed by atoms with Crippen LogP contribution in [0, 0.1) is 5.92 Å². The highest BCUT2D eigenvalue weighted by Crippen LogP contribution is 2.37. The summed E-state index contributed by atoms with van der Waals surface area (Å²) < 4.78 is 0. The number of amides is 1. The van der Waals surface area contributed by atoms with Crippen molar-refractivity contribution >= 4 is 11.9 Å². The second-order valence-corrected chi connectivity index (χ2v) is 6.81. The number of aliphatic hydroxyl groups is 1. The quantitative estimate of drug-likeness (QED) is 0.703. The number of hydrogen-bond acceptors (Lipinski definition) is 5. The van der Waals surface area contributed by atoms with Gasteiger partial charge in [-0.15, -0.1) is 5.10 Å². The Morgan fingerprint density at radius 3 is 2.83 bits per heavy atom. The first-order valence-electron chi connectivity index (χ1n) is 8.28. The van der Waals surface area contributed by atoms with Gasteiger partial charge in [-0.2, -0.15) is 4.98 Å². The molecule has 0 aliphatic heterocycles. The summed E-state index contributed by atoms with van der Waals surface area (Å²) in [6, 6.07) is 0. The molecule has 7 heteroatoms. The molecule has 0 aromatic carbocycles. The third kappa shape index (κ3) is 3.72. The summed E-state index contributed by atoms with van der Waals surface area (Å²) in [5.41, 5.74) is 1.23. The van der Waals surface area contributed by atoms with Crippen molar-refractivity contribution in [3.63, 3.8) is 0 Å². The van der Waals surface area contributed by atoms with Crippen LogP contribution < -0.4 is 10.2 Å². The van der Waals surface area contributed by atoms with E-state index in [2.05, 4.69) is 20.5 Å². The molecule has 0 bridgehead atoms. The predicted molar refractivity (Wildman–Crippen MR) is 87.1 cm³/mol. The summed E-state index contributed by atoms with van der Waals surface area (Å²) in [5, 5.41) is 20.3. The van der Waals surface area contributed by atoms with E-state index in [9.17, 15) is 9.90 Å². The van der Waals surface area contributed by atoms with Crippen molar-refractivity contribution in [3.8, 4) is 0 Å². The summed E-state index contributed by atoms with van der Waals surface area (Å²) in [6.07, 6.45) is 6.03. The Balaban J connectivity index is 1.52. The molecule has 0 spiro atoms. The lowest BCUT2D eigenvalue weighted by Crippen LogP contribution is -2.31. The molecular formula is C16H25N5O2. The highest BCUT2D eigenvalue weighted by Gasteiger charge is 2.35. The van der Waals surface area contributed by atoms with Crippen molar-refractivity contribution in [2.45, 2.75) is 44.1 Å². The van der Waals surface area contributed by atoms with E-state index in [1.807, 2.05) is 19.0 Å². The van der Waals surface area contributed by atoms with Crippen LogP contribution in [0.15, 0.2) is 11.6 Å². The van der Waals surface area contributed by atoms with Crippen LogP contribution in [0.5, 0.6) is 0 Å². The van der Waals surface area contributed by atoms with Crippen molar-refractivity contribution in [3.05, 3.63) is 17.5 Å². The number of aromatic amines is 1. The van der Waals surface area contributed by atoms with Crippen LogP contribution in [0.1, 0.15) is 43.8 Å². The van der Waals surface area contributed by atoms with Crippen molar-refractivity contribution in [2.24, 2.45) is 5.92 Å². The van der Waals surface area contributed by atoms with Crippen LogP contribution >= 0.6 is 0 Å². The highest BCUT2D eigenvalue weighted by molar-refractivity contribution is 5.88. The lowest BCUT2D eigenvalue weighted by atomic mass is 9.92. The van der Waals surface area contributed by atoms with Gasteiger partial charge in [0, 0.05) is 38.6 Å². The molecule has 0 radical (unpaired) electrons. The maximum absolute atomic E-state index is 11.8. The molecule has 7 nitrogen and oxygen atoms in total. The molecule has 0 saturated heterocycles. The Morgan fingerprint density at radius 2 is 2.22 bits per heavy atom. The number of H-pyrrole nitrogens is 1. The Morgan fingerprint density at radius 1 is 1.43 bits per heavy atom. The van der Waals surface area contributed by atoms with E-state index in [4.69, 9.17) is 0 Å². The van der Waals surface area contributed by atoms with Gasteiger partial charge in [0.1, 0.15) is 5.82 Å². The molecule has 3 N–H and O–H groups in total. The first-order chi connectivity index (χ1) is 11.0. The number of allylic oxidation sites excluding steroid dienone is 1. The minimum atomic E-state index is -0.412. The maximum atomic E-state index is 11.8. The van der Waals surface area contributed by atoms with E-state index in [0.717, 1.165) is 25.1 Å². The molecule has 23 heavy (non-hydrogen) atoms. The average Bonchev–Trinajstić information content (AvgIpc) is 3.07. The topological polar surface area (TPSA) is 94.1 Å². The number of carbonyl (C=O) groups is 1. The summed E-state index contributed by atoms with van der Waals surface area (Å²) in [5.74, 6) is 1.66. The largest absolute Gasteiger partial charge is 0.393 e. The summed E-state index contributed by atoms with van der Waals surface area (Å²) in [4.78, 5) is 18.1. The Labute approximate surface area is 136 Å². The van der Waals surface area contributed by atoms with Crippen LogP contribution in [-0.4, -0.2) is 52.9 Å². The van der Waals surface area contributed by atoms with E-state index < -0.39 is 6.10 Å². The minimum Gasteiger partial charge on any atom is -0.393 e. The van der Waals surface area contributed by atoms with E-state index in [1.165, 1.54) is 12.0 Å². The normalized spacial score (nSPS) is 26.7. The zero-order valence-corrected chi connectivity index (χ0v) is 13.7. The van der Waals surface area contributed by atoms with Gasteiger partial charge in [-0.05, 0) is 32.1 Å². The average molecular weight is 319 g/mol. The maximum Gasteiger partial charge on any atom is 0.244 e. The Kier molecular flexibility index (Phi) is 4.66. The lowest BCUT2D eigenvalue weighted by Gasteiger charge is -2.17. The molecule has 1 heterocycles. The third-order valence-electron chi connectivity index (χ3n) is 4.80. The van der Waals surface area contributed by atoms with Crippen LogP contribution in [0.25, 0.3) is 0 Å². The van der Waals surface area contributed by atoms with Crippen LogP contribution in [0.2, 0.25) is 0 Å². The monoisotopic (exact) mass is 319 g/mol. The van der Waals surface area contributed by atoms with E-state index in [-0.39, 0.29) is 17.7 Å². The zero-order valence-electron chi connectivity index (χ0n) is 13.7. The van der Waals surface area contributed by atoms with Gasteiger partial charge in [0.05, 0.1) is 6.10 Å². The molecule has 1 aromatic heterocycles. The molecule has 126 valence electrons. The molecule has 2 aliphatic carbocycles. The van der Waals surface area contributed by atoms with Crippen molar-refractivity contribution in [1.29, 1.82) is 0 Å². The molecule has 2 saturated carbocycles. The number of nitrogens with zero attached hydrogens (tertiary/aromatic N) is 3. The zero-order chi connectivity index (χ0) is 16.4. The second-order valence-electron chi connectivity index (χ2n) is 6.81. The van der Waals surface area contributed by atoms with Crippen molar-refractivity contribution < 1.29 is 9.90 Å². The Bertz CT molecular complexity index is 589. The number of aromatic nitrogens is 3. The first-order valence-corrected chi connectivity index (χ1v) is 8.28. The molecule has 3 atom stereocenters. The van der Waals surface area contributed by atoms with Gasteiger partial charge in [-0.3, -0.25) is 9.89 Å². The number of carbonyl (C=O) groups excluding carboxylic acids is 1. The van der Waals surface area contributed by atoms with Gasteiger partial charge in [-0.25, -0.2) is 0 Å². The number of aliphatic hydroxyl groups excluding tert-OH is 1. The second kappa shape index (κ2) is 6.70. The van der Waals surface area contributed by atoms with E-state index in [1.54, 1.807) is 6.08 Å². The summed E-state index contributed by atoms with van der Waals surface area (Å²) in [7, 11) is 3.79. The fourth-order valence-corrected chi connectivity index (χ4v) is 3.19. The first kappa shape index (κ1) is 16.0. The summed E-state index contributed by atoms with van der Waals surface area (Å²) >= 11 is 0. The lowest BCUT2D eigenvalue weighted by molar-refractivity contribution is -0.116.